The van der Waals surface area contributed by atoms with E-state index in [9.17, 15) is 19.7 Å². The fourth-order valence-corrected chi connectivity index (χ4v) is 2.85. The van der Waals surface area contributed by atoms with Gasteiger partial charge in [-0.25, -0.2) is 0 Å². The summed E-state index contributed by atoms with van der Waals surface area (Å²) in [6, 6.07) is 7.18. The summed E-state index contributed by atoms with van der Waals surface area (Å²) < 4.78 is 10.4. The van der Waals surface area contributed by atoms with Crippen molar-refractivity contribution in [1.29, 1.82) is 0 Å². The molecule has 2 aromatic rings. The Kier molecular flexibility index (Phi) is 5.22. The van der Waals surface area contributed by atoms with Crippen LogP contribution >= 0.6 is 11.6 Å². The summed E-state index contributed by atoms with van der Waals surface area (Å²) in [7, 11) is 0. The van der Waals surface area contributed by atoms with Crippen LogP contribution in [0.25, 0.3) is 0 Å². The van der Waals surface area contributed by atoms with Crippen LogP contribution in [0.4, 0.5) is 5.69 Å². The van der Waals surface area contributed by atoms with Gasteiger partial charge in [0.2, 0.25) is 0 Å². The van der Waals surface area contributed by atoms with Gasteiger partial charge in [-0.2, -0.15) is 0 Å². The number of nitrogens with zero attached hydrogens (tertiary/aromatic N) is 1. The van der Waals surface area contributed by atoms with Gasteiger partial charge in [-0.1, -0.05) is 11.6 Å². The van der Waals surface area contributed by atoms with Gasteiger partial charge in [0.15, 0.2) is 0 Å². The summed E-state index contributed by atoms with van der Waals surface area (Å²) in [5, 5.41) is 13.2. The summed E-state index contributed by atoms with van der Waals surface area (Å²) in [5.41, 5.74) is -0.0836. The van der Waals surface area contributed by atoms with Gasteiger partial charge in [0, 0.05) is 18.1 Å². The smallest absolute Gasteiger partial charge is 0.309 e. The first-order valence-electron chi connectivity index (χ1n) is 7.89. The first kappa shape index (κ1) is 17.9. The van der Waals surface area contributed by atoms with Crippen molar-refractivity contribution in [3.63, 3.8) is 0 Å². The van der Waals surface area contributed by atoms with Crippen molar-refractivity contribution in [2.75, 3.05) is 13.2 Å². The lowest BCUT2D eigenvalue weighted by atomic mass is 10.2. The Bertz CT molecular complexity index is 836. The van der Waals surface area contributed by atoms with Crippen LogP contribution in [0.5, 0.6) is 0 Å². The fourth-order valence-electron chi connectivity index (χ4n) is 2.59. The van der Waals surface area contributed by atoms with Crippen molar-refractivity contribution in [2.45, 2.75) is 12.3 Å². The predicted molar refractivity (Wildman–Crippen MR) is 91.0 cm³/mol. The van der Waals surface area contributed by atoms with Crippen LogP contribution in [0, 0.1) is 16.0 Å². The van der Waals surface area contributed by atoms with Crippen LogP contribution in [-0.4, -0.2) is 30.0 Å². The molecule has 26 heavy (non-hydrogen) atoms. The molecule has 1 aromatic heterocycles. The zero-order valence-electron chi connectivity index (χ0n) is 13.5. The van der Waals surface area contributed by atoms with E-state index in [-0.39, 0.29) is 47.2 Å². The average Bonchev–Trinajstić information content (AvgIpc) is 3.23. The fraction of sp³-hybridized carbons (Fsp3) is 0.294. The van der Waals surface area contributed by atoms with Crippen molar-refractivity contribution in [3.05, 3.63) is 63.1 Å². The largest absolute Gasteiger partial charge is 0.469 e. The first-order chi connectivity index (χ1) is 12.5. The SMILES string of the molecule is O=C(NCCOC(=O)C1CC1c1ccco1)c1ccc([N+](=O)[O-])cc1Cl. The minimum atomic E-state index is -0.596. The molecule has 2 atom stereocenters. The number of esters is 1. The molecule has 1 aromatic carbocycles. The molecule has 1 aliphatic carbocycles. The number of non-ortho nitro benzene ring substituents is 1. The van der Waals surface area contributed by atoms with Gasteiger partial charge in [-0.15, -0.1) is 0 Å². The zero-order valence-corrected chi connectivity index (χ0v) is 14.3. The van der Waals surface area contributed by atoms with E-state index in [0.29, 0.717) is 6.42 Å². The Morgan fingerprint density at radius 3 is 2.85 bits per heavy atom. The standard InChI is InChI=1S/C17H15ClN2O6/c18-14-8-10(20(23)24)3-4-11(14)16(21)19-5-7-26-17(22)13-9-12(13)15-2-1-6-25-15/h1-4,6,8,12-13H,5,7,9H2,(H,19,21). The number of carbonyl (C=O) groups excluding carboxylic acids is 2. The van der Waals surface area contributed by atoms with E-state index in [2.05, 4.69) is 5.32 Å². The Labute approximate surface area is 153 Å². The van der Waals surface area contributed by atoms with Crippen LogP contribution in [-0.2, 0) is 9.53 Å². The van der Waals surface area contributed by atoms with Crippen molar-refractivity contribution < 1.29 is 23.7 Å². The number of rotatable bonds is 7. The normalized spacial score (nSPS) is 18.2. The molecule has 1 N–H and O–H groups in total. The topological polar surface area (TPSA) is 112 Å². The number of amides is 1. The minimum Gasteiger partial charge on any atom is -0.469 e. The van der Waals surface area contributed by atoms with E-state index in [0.717, 1.165) is 11.8 Å². The van der Waals surface area contributed by atoms with E-state index >= 15 is 0 Å². The van der Waals surface area contributed by atoms with Crippen LogP contribution in [0.3, 0.4) is 0 Å². The maximum absolute atomic E-state index is 12.0. The molecular formula is C17H15ClN2O6. The number of hydrogen-bond acceptors (Lipinski definition) is 6. The van der Waals surface area contributed by atoms with Crippen LogP contribution in [0.15, 0.2) is 41.0 Å². The Balaban J connectivity index is 1.42. The van der Waals surface area contributed by atoms with Crippen LogP contribution in [0.1, 0.15) is 28.5 Å². The van der Waals surface area contributed by atoms with E-state index in [4.69, 9.17) is 20.8 Å². The molecule has 0 aliphatic heterocycles. The van der Waals surface area contributed by atoms with Crippen LogP contribution in [0.2, 0.25) is 5.02 Å². The number of benzene rings is 1. The quantitative estimate of drug-likeness (QED) is 0.343. The highest BCUT2D eigenvalue weighted by Crippen LogP contribution is 2.48. The molecule has 2 unspecified atom stereocenters. The number of carbonyl (C=O) groups is 2. The van der Waals surface area contributed by atoms with E-state index in [1.165, 1.54) is 12.1 Å². The highest BCUT2D eigenvalue weighted by molar-refractivity contribution is 6.34. The molecule has 1 fully saturated rings. The van der Waals surface area contributed by atoms with Crippen molar-refractivity contribution in [3.8, 4) is 0 Å². The van der Waals surface area contributed by atoms with Gasteiger partial charge in [0.1, 0.15) is 12.4 Å². The second-order valence-electron chi connectivity index (χ2n) is 5.81. The first-order valence-corrected chi connectivity index (χ1v) is 8.27. The summed E-state index contributed by atoms with van der Waals surface area (Å²) >= 11 is 5.89. The molecule has 0 radical (unpaired) electrons. The zero-order chi connectivity index (χ0) is 18.7. The maximum atomic E-state index is 12.0. The summed E-state index contributed by atoms with van der Waals surface area (Å²) in [5.74, 6) is -0.199. The molecule has 0 saturated heterocycles. The number of nitrogens with one attached hydrogen (secondary N) is 1. The van der Waals surface area contributed by atoms with Gasteiger partial charge in [0.05, 0.1) is 34.2 Å². The molecule has 8 nitrogen and oxygen atoms in total. The number of hydrogen-bond donors (Lipinski definition) is 1. The van der Waals surface area contributed by atoms with E-state index in [1.807, 2.05) is 6.07 Å². The van der Waals surface area contributed by atoms with Gasteiger partial charge >= 0.3 is 5.97 Å². The third-order valence-corrected chi connectivity index (χ3v) is 4.35. The van der Waals surface area contributed by atoms with E-state index in [1.54, 1.807) is 12.3 Å². The lowest BCUT2D eigenvalue weighted by molar-refractivity contribution is -0.384. The third-order valence-electron chi connectivity index (χ3n) is 4.04. The number of furan rings is 1. The lowest BCUT2D eigenvalue weighted by Gasteiger charge is -2.07. The number of halogens is 1. The lowest BCUT2D eigenvalue weighted by Crippen LogP contribution is -2.28. The minimum absolute atomic E-state index is 0.0204. The van der Waals surface area contributed by atoms with Crippen LogP contribution < -0.4 is 5.32 Å². The van der Waals surface area contributed by atoms with Gasteiger partial charge in [0.25, 0.3) is 11.6 Å². The van der Waals surface area contributed by atoms with Crippen molar-refractivity contribution in [2.24, 2.45) is 5.92 Å². The third kappa shape index (κ3) is 4.02. The Morgan fingerprint density at radius 1 is 1.38 bits per heavy atom. The number of nitro benzene ring substituents is 1. The maximum Gasteiger partial charge on any atom is 0.309 e. The molecule has 1 aliphatic rings. The summed E-state index contributed by atoms with van der Waals surface area (Å²) in [6.45, 7) is 0.132. The number of ether oxygens (including phenoxy) is 1. The second kappa shape index (κ2) is 7.57. The Hall–Kier alpha value is -2.87. The molecular weight excluding hydrogens is 364 g/mol. The number of nitro groups is 1. The van der Waals surface area contributed by atoms with Crippen molar-refractivity contribution >= 4 is 29.2 Å². The van der Waals surface area contributed by atoms with Gasteiger partial charge in [-0.05, 0) is 24.6 Å². The highest BCUT2D eigenvalue weighted by Gasteiger charge is 2.47. The average molecular weight is 379 g/mol. The molecule has 0 spiro atoms. The predicted octanol–water partition coefficient (Wildman–Crippen LogP) is 2.92. The monoisotopic (exact) mass is 378 g/mol. The second-order valence-corrected chi connectivity index (χ2v) is 6.22. The molecule has 1 heterocycles. The summed E-state index contributed by atoms with van der Waals surface area (Å²) in [6.07, 6.45) is 2.26. The molecule has 136 valence electrons. The highest BCUT2D eigenvalue weighted by atomic mass is 35.5. The molecule has 0 bridgehead atoms. The summed E-state index contributed by atoms with van der Waals surface area (Å²) in [4.78, 5) is 34.0. The Morgan fingerprint density at radius 2 is 2.19 bits per heavy atom. The molecule has 1 amide bonds. The molecule has 9 heteroatoms. The molecule has 3 rings (SSSR count). The van der Waals surface area contributed by atoms with E-state index < -0.39 is 10.8 Å². The van der Waals surface area contributed by atoms with Gasteiger partial charge in [-0.3, -0.25) is 19.7 Å². The van der Waals surface area contributed by atoms with Gasteiger partial charge < -0.3 is 14.5 Å². The van der Waals surface area contributed by atoms with Crippen molar-refractivity contribution in [1.82, 2.24) is 5.32 Å². The molecule has 1 saturated carbocycles.